The fourth-order valence-electron chi connectivity index (χ4n) is 3.18. The number of hydrogen-bond acceptors (Lipinski definition) is 6. The van der Waals surface area contributed by atoms with Crippen molar-refractivity contribution in [3.63, 3.8) is 0 Å². The van der Waals surface area contributed by atoms with Gasteiger partial charge in [-0.15, -0.1) is 11.3 Å². The molecule has 7 nitrogen and oxygen atoms in total. The van der Waals surface area contributed by atoms with Crippen molar-refractivity contribution < 1.29 is 14.3 Å². The lowest BCUT2D eigenvalue weighted by Crippen LogP contribution is -2.33. The molecule has 1 aromatic carbocycles. The zero-order valence-electron chi connectivity index (χ0n) is 16.9. The molecule has 0 atom stereocenters. The number of nitrogens with one attached hydrogen (secondary N) is 2. The highest BCUT2D eigenvalue weighted by Gasteiger charge is 2.17. The van der Waals surface area contributed by atoms with Gasteiger partial charge in [0.2, 0.25) is 5.91 Å². The Balaban J connectivity index is 1.42. The lowest BCUT2D eigenvalue weighted by Gasteiger charge is -2.29. The Morgan fingerprint density at radius 1 is 1.24 bits per heavy atom. The summed E-state index contributed by atoms with van der Waals surface area (Å²) in [6.07, 6.45) is 2.45. The van der Waals surface area contributed by atoms with Crippen molar-refractivity contribution in [1.82, 2.24) is 15.2 Å². The summed E-state index contributed by atoms with van der Waals surface area (Å²) in [5.74, 6) is 0.911. The summed E-state index contributed by atoms with van der Waals surface area (Å²) in [5.41, 5.74) is 1.45. The van der Waals surface area contributed by atoms with E-state index < -0.39 is 0 Å². The Morgan fingerprint density at radius 2 is 1.97 bits per heavy atom. The van der Waals surface area contributed by atoms with Gasteiger partial charge in [-0.05, 0) is 63.0 Å². The topological polar surface area (TPSA) is 83.6 Å². The second-order valence-corrected chi connectivity index (χ2v) is 8.15. The maximum absolute atomic E-state index is 12.2. The van der Waals surface area contributed by atoms with Crippen LogP contribution in [-0.4, -0.2) is 47.9 Å². The van der Waals surface area contributed by atoms with Crippen LogP contribution >= 0.6 is 11.3 Å². The third kappa shape index (κ3) is 6.54. The maximum atomic E-state index is 12.2. The van der Waals surface area contributed by atoms with Crippen molar-refractivity contribution in [1.29, 1.82) is 0 Å². The first-order chi connectivity index (χ1) is 14.0. The number of amides is 2. The van der Waals surface area contributed by atoms with E-state index in [0.717, 1.165) is 31.2 Å². The van der Waals surface area contributed by atoms with Crippen LogP contribution in [0.25, 0.3) is 0 Å². The Hall–Kier alpha value is -2.45. The lowest BCUT2D eigenvalue weighted by molar-refractivity contribution is -0.115. The summed E-state index contributed by atoms with van der Waals surface area (Å²) in [6, 6.07) is 6.82. The highest BCUT2D eigenvalue weighted by molar-refractivity contribution is 7.13. The number of aromatic nitrogens is 1. The molecule has 1 saturated heterocycles. The maximum Gasteiger partial charge on any atom is 0.251 e. The van der Waals surface area contributed by atoms with Crippen LogP contribution in [0.4, 0.5) is 5.13 Å². The molecule has 2 amide bonds. The number of hydrogen-bond donors (Lipinski definition) is 2. The number of likely N-dealkylation sites (tertiary alicyclic amines) is 1. The Morgan fingerprint density at radius 3 is 2.66 bits per heavy atom. The molecule has 1 aliphatic heterocycles. The molecule has 0 unspecified atom stereocenters. The van der Waals surface area contributed by atoms with E-state index in [1.807, 2.05) is 12.3 Å². The van der Waals surface area contributed by atoms with E-state index in [1.165, 1.54) is 24.2 Å². The molecule has 0 spiro atoms. The lowest BCUT2D eigenvalue weighted by atomic mass is 9.99. The van der Waals surface area contributed by atoms with Crippen molar-refractivity contribution in [2.75, 3.05) is 31.6 Å². The molecular formula is C21H28N4O3S. The number of thiazole rings is 1. The molecule has 8 heteroatoms. The van der Waals surface area contributed by atoms with Crippen LogP contribution in [0.15, 0.2) is 29.6 Å². The first-order valence-corrected chi connectivity index (χ1v) is 10.9. The minimum atomic E-state index is -0.303. The zero-order chi connectivity index (χ0) is 20.6. The molecule has 29 heavy (non-hydrogen) atoms. The Labute approximate surface area is 175 Å². The van der Waals surface area contributed by atoms with Crippen LogP contribution in [0.2, 0.25) is 0 Å². The van der Waals surface area contributed by atoms with Gasteiger partial charge in [-0.3, -0.25) is 14.5 Å². The van der Waals surface area contributed by atoms with Crippen LogP contribution in [-0.2, 0) is 11.3 Å². The average molecular weight is 417 g/mol. The molecule has 0 bridgehead atoms. The van der Waals surface area contributed by atoms with Crippen molar-refractivity contribution in [2.45, 2.75) is 33.2 Å². The Kier molecular flexibility index (Phi) is 7.60. The van der Waals surface area contributed by atoms with Gasteiger partial charge in [-0.1, -0.05) is 6.92 Å². The van der Waals surface area contributed by atoms with E-state index in [4.69, 9.17) is 4.74 Å². The molecule has 0 radical (unpaired) electrons. The van der Waals surface area contributed by atoms with Crippen LogP contribution in [0, 0.1) is 5.92 Å². The molecule has 1 aromatic heterocycles. The van der Waals surface area contributed by atoms with Gasteiger partial charge in [0.15, 0.2) is 5.13 Å². The van der Waals surface area contributed by atoms with E-state index in [0.29, 0.717) is 23.1 Å². The fraction of sp³-hybridized carbons (Fsp3) is 0.476. The third-order valence-electron chi connectivity index (χ3n) is 4.90. The smallest absolute Gasteiger partial charge is 0.251 e. The SMILES string of the molecule is CCOc1ccc(C(=O)NCC(=O)Nc2nc(CN3CCC(C)CC3)cs2)cc1. The van der Waals surface area contributed by atoms with Crippen LogP contribution < -0.4 is 15.4 Å². The summed E-state index contributed by atoms with van der Waals surface area (Å²) < 4.78 is 5.36. The summed E-state index contributed by atoms with van der Waals surface area (Å²) in [7, 11) is 0. The van der Waals surface area contributed by atoms with Gasteiger partial charge in [0.25, 0.3) is 5.91 Å². The molecule has 3 rings (SSSR count). The fourth-order valence-corrected chi connectivity index (χ4v) is 3.90. The van der Waals surface area contributed by atoms with Crippen LogP contribution in [0.1, 0.15) is 42.7 Å². The average Bonchev–Trinajstić information content (AvgIpc) is 3.15. The second-order valence-electron chi connectivity index (χ2n) is 7.29. The van der Waals surface area contributed by atoms with Crippen molar-refractivity contribution in [3.8, 4) is 5.75 Å². The monoisotopic (exact) mass is 416 g/mol. The van der Waals surface area contributed by atoms with E-state index in [2.05, 4.69) is 27.4 Å². The number of carbonyl (C=O) groups excluding carboxylic acids is 2. The van der Waals surface area contributed by atoms with Crippen LogP contribution in [0.3, 0.4) is 0 Å². The molecule has 2 aromatic rings. The molecule has 0 aliphatic carbocycles. The number of benzene rings is 1. The molecular weight excluding hydrogens is 388 g/mol. The minimum Gasteiger partial charge on any atom is -0.494 e. The molecule has 1 aliphatic rings. The molecule has 0 saturated carbocycles. The molecule has 156 valence electrons. The summed E-state index contributed by atoms with van der Waals surface area (Å²) in [5, 5.41) is 7.92. The van der Waals surface area contributed by atoms with Gasteiger partial charge in [-0.25, -0.2) is 4.98 Å². The highest BCUT2D eigenvalue weighted by Crippen LogP contribution is 2.21. The van der Waals surface area contributed by atoms with Gasteiger partial charge in [0.05, 0.1) is 18.8 Å². The van der Waals surface area contributed by atoms with Gasteiger partial charge < -0.3 is 15.4 Å². The first-order valence-electron chi connectivity index (χ1n) is 10.0. The molecule has 2 N–H and O–H groups in total. The number of rotatable bonds is 8. The molecule has 1 fully saturated rings. The summed E-state index contributed by atoms with van der Waals surface area (Å²) in [4.78, 5) is 31.2. The predicted octanol–water partition coefficient (Wildman–Crippen LogP) is 3.14. The third-order valence-corrected chi connectivity index (χ3v) is 5.70. The van der Waals surface area contributed by atoms with Gasteiger partial charge in [0, 0.05) is 17.5 Å². The second kappa shape index (κ2) is 10.4. The predicted molar refractivity (Wildman–Crippen MR) is 114 cm³/mol. The van der Waals surface area contributed by atoms with Crippen molar-refractivity contribution in [3.05, 3.63) is 40.9 Å². The number of ether oxygens (including phenoxy) is 1. The van der Waals surface area contributed by atoms with Crippen molar-refractivity contribution in [2.24, 2.45) is 5.92 Å². The Bertz CT molecular complexity index is 814. The van der Waals surface area contributed by atoms with Gasteiger partial charge in [-0.2, -0.15) is 0 Å². The standard InChI is InChI=1S/C21H28N4O3S/c1-3-28-18-6-4-16(5-7-18)20(27)22-12-19(26)24-21-23-17(14-29-21)13-25-10-8-15(2)9-11-25/h4-7,14-15H,3,8-13H2,1-2H3,(H,22,27)(H,23,24,26). The van der Waals surface area contributed by atoms with E-state index in [-0.39, 0.29) is 18.4 Å². The largest absolute Gasteiger partial charge is 0.494 e. The quantitative estimate of drug-likeness (QED) is 0.691. The van der Waals surface area contributed by atoms with E-state index >= 15 is 0 Å². The van der Waals surface area contributed by atoms with Crippen molar-refractivity contribution >= 4 is 28.3 Å². The first kappa shape index (κ1) is 21.3. The number of carbonyl (C=O) groups is 2. The van der Waals surface area contributed by atoms with Crippen LogP contribution in [0.5, 0.6) is 5.75 Å². The van der Waals surface area contributed by atoms with Gasteiger partial charge in [0.1, 0.15) is 5.75 Å². The summed E-state index contributed by atoms with van der Waals surface area (Å²) >= 11 is 1.41. The number of piperidine rings is 1. The number of anilines is 1. The normalized spacial score (nSPS) is 15.1. The zero-order valence-corrected chi connectivity index (χ0v) is 17.8. The van der Waals surface area contributed by atoms with E-state index in [9.17, 15) is 9.59 Å². The van der Waals surface area contributed by atoms with E-state index in [1.54, 1.807) is 24.3 Å². The summed E-state index contributed by atoms with van der Waals surface area (Å²) in [6.45, 7) is 7.66. The van der Waals surface area contributed by atoms with Gasteiger partial charge >= 0.3 is 0 Å². The number of nitrogens with zero attached hydrogens (tertiary/aromatic N) is 2. The molecule has 2 heterocycles. The highest BCUT2D eigenvalue weighted by atomic mass is 32.1. The minimum absolute atomic E-state index is 0.106.